The van der Waals surface area contributed by atoms with Crippen LogP contribution in [0.1, 0.15) is 66.2 Å². The number of amides is 2. The van der Waals surface area contributed by atoms with E-state index >= 15 is 0 Å². The van der Waals surface area contributed by atoms with Crippen LogP contribution in [0.4, 0.5) is 0 Å². The summed E-state index contributed by atoms with van der Waals surface area (Å²) in [7, 11) is -3.68. The van der Waals surface area contributed by atoms with Crippen molar-refractivity contribution >= 4 is 22.0 Å². The molecule has 0 aliphatic carbocycles. The Morgan fingerprint density at radius 3 is 1.55 bits per heavy atom. The molecule has 2 aliphatic rings. The molecule has 8 nitrogen and oxygen atoms in total. The summed E-state index contributed by atoms with van der Waals surface area (Å²) < 4.78 is 29.4. The fourth-order valence-electron chi connectivity index (χ4n) is 4.15. The van der Waals surface area contributed by atoms with E-state index in [0.717, 1.165) is 12.8 Å². The van der Waals surface area contributed by atoms with E-state index in [4.69, 9.17) is 0 Å². The SMILES string of the molecule is CC(C)CCNC(=O)C1CCCN(S(=O)(=O)N2CCCC(C(=O)NCCC(C)C)C2)C1. The average Bonchev–Trinajstić information content (AvgIpc) is 2.73. The Bertz CT molecular complexity index is 644. The number of carbonyl (C=O) groups excluding carboxylic acids is 2. The van der Waals surface area contributed by atoms with E-state index in [1.165, 1.54) is 8.61 Å². The van der Waals surface area contributed by atoms with E-state index in [9.17, 15) is 18.0 Å². The van der Waals surface area contributed by atoms with Gasteiger partial charge in [0.2, 0.25) is 11.8 Å². The van der Waals surface area contributed by atoms with Crippen molar-refractivity contribution in [2.45, 2.75) is 66.2 Å². The molecule has 180 valence electrons. The van der Waals surface area contributed by atoms with Gasteiger partial charge in [0.25, 0.3) is 10.2 Å². The summed E-state index contributed by atoms with van der Waals surface area (Å²) in [6.45, 7) is 11.0. The smallest absolute Gasteiger partial charge is 0.282 e. The first kappa shape index (κ1) is 26.1. The summed E-state index contributed by atoms with van der Waals surface area (Å²) in [5, 5.41) is 5.92. The number of rotatable bonds is 10. The highest BCUT2D eigenvalue weighted by Gasteiger charge is 2.39. The highest BCUT2D eigenvalue weighted by atomic mass is 32.2. The Labute approximate surface area is 188 Å². The molecule has 0 saturated carbocycles. The van der Waals surface area contributed by atoms with Crippen molar-refractivity contribution in [1.29, 1.82) is 0 Å². The van der Waals surface area contributed by atoms with E-state index < -0.39 is 10.2 Å². The van der Waals surface area contributed by atoms with Crippen LogP contribution in [0, 0.1) is 23.7 Å². The Balaban J connectivity index is 1.92. The van der Waals surface area contributed by atoms with Crippen molar-refractivity contribution < 1.29 is 18.0 Å². The van der Waals surface area contributed by atoms with Crippen molar-refractivity contribution in [3.63, 3.8) is 0 Å². The number of hydrogen-bond donors (Lipinski definition) is 2. The van der Waals surface area contributed by atoms with Gasteiger partial charge in [0.15, 0.2) is 0 Å². The fraction of sp³-hybridized carbons (Fsp3) is 0.909. The molecule has 2 rings (SSSR count). The van der Waals surface area contributed by atoms with Crippen LogP contribution in [0.25, 0.3) is 0 Å². The maximum Gasteiger partial charge on any atom is 0.282 e. The standard InChI is InChI=1S/C22H42N4O4S/c1-17(2)9-11-23-21(27)19-7-5-13-25(15-19)31(29,30)26-14-6-8-20(16-26)22(28)24-12-10-18(3)4/h17-20H,5-16H2,1-4H3,(H,23,27)(H,24,28). The number of nitrogens with one attached hydrogen (secondary N) is 2. The van der Waals surface area contributed by atoms with Crippen LogP contribution in [0.15, 0.2) is 0 Å². The summed E-state index contributed by atoms with van der Waals surface area (Å²) >= 11 is 0. The van der Waals surface area contributed by atoms with Gasteiger partial charge in [-0.15, -0.1) is 0 Å². The highest BCUT2D eigenvalue weighted by Crippen LogP contribution is 2.25. The predicted octanol–water partition coefficient (Wildman–Crippen LogP) is 1.98. The van der Waals surface area contributed by atoms with Crippen molar-refractivity contribution in [1.82, 2.24) is 19.2 Å². The van der Waals surface area contributed by atoms with Crippen molar-refractivity contribution in [3.8, 4) is 0 Å². The number of carbonyl (C=O) groups is 2. The lowest BCUT2D eigenvalue weighted by Gasteiger charge is -2.38. The lowest BCUT2D eigenvalue weighted by atomic mass is 9.98. The number of nitrogens with zero attached hydrogens (tertiary/aromatic N) is 2. The van der Waals surface area contributed by atoms with Crippen molar-refractivity contribution in [2.75, 3.05) is 39.3 Å². The van der Waals surface area contributed by atoms with Gasteiger partial charge in [-0.1, -0.05) is 27.7 Å². The minimum absolute atomic E-state index is 0.0541. The topological polar surface area (TPSA) is 98.8 Å². The van der Waals surface area contributed by atoms with Gasteiger partial charge in [-0.05, 0) is 50.4 Å². The first-order valence-electron chi connectivity index (χ1n) is 11.9. The predicted molar refractivity (Wildman–Crippen MR) is 122 cm³/mol. The molecule has 2 N–H and O–H groups in total. The molecule has 0 bridgehead atoms. The summed E-state index contributed by atoms with van der Waals surface area (Å²) in [5.41, 5.74) is 0. The third-order valence-corrected chi connectivity index (χ3v) is 8.17. The monoisotopic (exact) mass is 458 g/mol. The van der Waals surface area contributed by atoms with E-state index in [0.29, 0.717) is 63.7 Å². The lowest BCUT2D eigenvalue weighted by molar-refractivity contribution is -0.126. The average molecular weight is 459 g/mol. The number of hydrogen-bond acceptors (Lipinski definition) is 4. The molecule has 0 radical (unpaired) electrons. The first-order chi connectivity index (χ1) is 14.6. The summed E-state index contributed by atoms with van der Waals surface area (Å²) in [5.74, 6) is 0.297. The van der Waals surface area contributed by atoms with Gasteiger partial charge in [-0.3, -0.25) is 9.59 Å². The highest BCUT2D eigenvalue weighted by molar-refractivity contribution is 7.86. The van der Waals surface area contributed by atoms with E-state index in [2.05, 4.69) is 38.3 Å². The van der Waals surface area contributed by atoms with E-state index in [1.807, 2.05) is 0 Å². The molecule has 0 aromatic heterocycles. The first-order valence-corrected chi connectivity index (χ1v) is 13.3. The summed E-state index contributed by atoms with van der Waals surface area (Å²) in [6, 6.07) is 0. The molecule has 0 aromatic rings. The van der Waals surface area contributed by atoms with Gasteiger partial charge in [0, 0.05) is 39.3 Å². The van der Waals surface area contributed by atoms with Crippen LogP contribution in [0.5, 0.6) is 0 Å². The van der Waals surface area contributed by atoms with Gasteiger partial charge >= 0.3 is 0 Å². The third-order valence-electron chi connectivity index (χ3n) is 6.20. The van der Waals surface area contributed by atoms with Crippen LogP contribution < -0.4 is 10.6 Å². The molecule has 2 saturated heterocycles. The quantitative estimate of drug-likeness (QED) is 0.523. The minimum atomic E-state index is -3.68. The van der Waals surface area contributed by atoms with Gasteiger partial charge in [0.1, 0.15) is 0 Å². The van der Waals surface area contributed by atoms with E-state index in [-0.39, 0.29) is 36.7 Å². The largest absolute Gasteiger partial charge is 0.356 e. The molecule has 0 aromatic carbocycles. The van der Waals surface area contributed by atoms with Crippen molar-refractivity contribution in [2.24, 2.45) is 23.7 Å². The van der Waals surface area contributed by atoms with Gasteiger partial charge in [-0.2, -0.15) is 17.0 Å². The maximum atomic E-state index is 13.3. The summed E-state index contributed by atoms with van der Waals surface area (Å²) in [6.07, 6.45) is 4.59. The van der Waals surface area contributed by atoms with Crippen LogP contribution in [-0.2, 0) is 19.8 Å². The fourth-order valence-corrected chi connectivity index (χ4v) is 5.93. The van der Waals surface area contributed by atoms with Crippen LogP contribution in [0.2, 0.25) is 0 Å². The second kappa shape index (κ2) is 12.2. The molecule has 2 fully saturated rings. The zero-order valence-corrected chi connectivity index (χ0v) is 20.5. The van der Waals surface area contributed by atoms with Gasteiger partial charge < -0.3 is 10.6 Å². The molecule has 9 heteroatoms. The Morgan fingerprint density at radius 2 is 1.19 bits per heavy atom. The molecule has 2 unspecified atom stereocenters. The van der Waals surface area contributed by atoms with Gasteiger partial charge in [-0.25, -0.2) is 0 Å². The van der Waals surface area contributed by atoms with Crippen LogP contribution in [-0.4, -0.2) is 68.1 Å². The molecule has 31 heavy (non-hydrogen) atoms. The second-order valence-electron chi connectivity index (χ2n) is 9.85. The Kier molecular flexibility index (Phi) is 10.2. The third kappa shape index (κ3) is 8.02. The second-order valence-corrected chi connectivity index (χ2v) is 11.8. The normalized spacial score (nSPS) is 23.8. The van der Waals surface area contributed by atoms with Crippen LogP contribution in [0.3, 0.4) is 0 Å². The minimum Gasteiger partial charge on any atom is -0.356 e. The Morgan fingerprint density at radius 1 is 0.806 bits per heavy atom. The zero-order valence-electron chi connectivity index (χ0n) is 19.7. The molecular weight excluding hydrogens is 416 g/mol. The van der Waals surface area contributed by atoms with E-state index in [1.54, 1.807) is 0 Å². The lowest BCUT2D eigenvalue weighted by Crippen LogP contribution is -2.54. The Hall–Kier alpha value is -1.19. The molecule has 0 spiro atoms. The van der Waals surface area contributed by atoms with Crippen LogP contribution >= 0.6 is 0 Å². The van der Waals surface area contributed by atoms with Crippen molar-refractivity contribution in [3.05, 3.63) is 0 Å². The molecule has 2 atom stereocenters. The molecule has 2 amide bonds. The molecule has 2 heterocycles. The summed E-state index contributed by atoms with van der Waals surface area (Å²) in [4.78, 5) is 25.0. The molecule has 2 aliphatic heterocycles. The zero-order chi connectivity index (χ0) is 23.0. The molecular formula is C22H42N4O4S. The van der Waals surface area contributed by atoms with Gasteiger partial charge in [0.05, 0.1) is 11.8 Å². The number of piperidine rings is 2. The maximum absolute atomic E-state index is 13.3.